The van der Waals surface area contributed by atoms with E-state index in [4.69, 9.17) is 9.97 Å². The van der Waals surface area contributed by atoms with Gasteiger partial charge in [0.15, 0.2) is 5.82 Å². The molecule has 14 rings (SSSR count). The van der Waals surface area contributed by atoms with Crippen molar-refractivity contribution in [1.82, 2.24) is 14.4 Å². The Morgan fingerprint density at radius 3 is 1.44 bits per heavy atom. The number of benzene rings is 10. The Morgan fingerprint density at radius 1 is 0.300 bits per heavy atom. The van der Waals surface area contributed by atoms with Crippen molar-refractivity contribution in [2.24, 2.45) is 0 Å². The fourth-order valence-electron chi connectivity index (χ4n) is 11.5. The van der Waals surface area contributed by atoms with E-state index in [-0.39, 0.29) is 5.41 Å². The van der Waals surface area contributed by atoms with Gasteiger partial charge in [0.05, 0.1) is 27.9 Å². The first kappa shape index (κ1) is 40.2. The molecule has 70 heavy (non-hydrogen) atoms. The van der Waals surface area contributed by atoms with Gasteiger partial charge in [-0.15, -0.1) is 0 Å². The zero-order chi connectivity index (χ0) is 46.5. The fraction of sp³-hybridized carbons (Fsp3) is 0.0448. The summed E-state index contributed by atoms with van der Waals surface area (Å²) in [5, 5.41) is 5.11. The van der Waals surface area contributed by atoms with Gasteiger partial charge in [-0.2, -0.15) is 0 Å². The van der Waals surface area contributed by atoms with Crippen LogP contribution in [0.4, 0.5) is 0 Å². The first-order valence-electron chi connectivity index (χ1n) is 24.2. The van der Waals surface area contributed by atoms with Gasteiger partial charge in [-0.25, -0.2) is 9.97 Å². The van der Waals surface area contributed by atoms with Gasteiger partial charge in [-0.1, -0.05) is 214 Å². The Balaban J connectivity index is 0.857. The van der Waals surface area contributed by atoms with Crippen LogP contribution in [0.5, 0.6) is 0 Å². The van der Waals surface area contributed by atoms with Crippen molar-refractivity contribution in [3.63, 3.8) is 0 Å². The molecule has 3 heteroatoms. The Kier molecular flexibility index (Phi) is 8.93. The van der Waals surface area contributed by atoms with Crippen LogP contribution in [0, 0.1) is 0 Å². The minimum absolute atomic E-state index is 0.0249. The van der Waals surface area contributed by atoms with Gasteiger partial charge in [0.25, 0.3) is 0 Å². The van der Waals surface area contributed by atoms with Crippen molar-refractivity contribution in [3.05, 3.63) is 248 Å². The zero-order valence-electron chi connectivity index (χ0n) is 38.9. The first-order chi connectivity index (χ1) is 34.4. The summed E-state index contributed by atoms with van der Waals surface area (Å²) >= 11 is 0. The van der Waals surface area contributed by atoms with Crippen LogP contribution in [0.1, 0.15) is 25.0 Å². The van der Waals surface area contributed by atoms with Gasteiger partial charge in [0, 0.05) is 49.2 Å². The van der Waals surface area contributed by atoms with E-state index in [9.17, 15) is 0 Å². The third kappa shape index (κ3) is 6.28. The predicted octanol–water partition coefficient (Wildman–Crippen LogP) is 17.6. The van der Waals surface area contributed by atoms with Crippen molar-refractivity contribution < 1.29 is 0 Å². The van der Waals surface area contributed by atoms with Crippen LogP contribution in [0.15, 0.2) is 237 Å². The molecule has 3 nitrogen and oxygen atoms in total. The lowest BCUT2D eigenvalue weighted by molar-refractivity contribution is 0.660. The van der Waals surface area contributed by atoms with Crippen molar-refractivity contribution in [2.75, 3.05) is 0 Å². The van der Waals surface area contributed by atoms with Crippen LogP contribution in [0.25, 0.3) is 128 Å². The monoisotopic (exact) mass is 891 g/mol. The number of rotatable bonds is 7. The van der Waals surface area contributed by atoms with Crippen LogP contribution >= 0.6 is 0 Å². The highest BCUT2D eigenvalue weighted by Gasteiger charge is 2.35. The predicted molar refractivity (Wildman–Crippen MR) is 292 cm³/mol. The molecule has 3 heterocycles. The molecular formula is C67H45N3. The summed E-state index contributed by atoms with van der Waals surface area (Å²) in [6, 6.07) is 86.1. The lowest BCUT2D eigenvalue weighted by Crippen LogP contribution is -2.14. The molecule has 10 aromatic carbocycles. The molecule has 328 valence electrons. The number of hydrogen-bond donors (Lipinski definition) is 0. The summed E-state index contributed by atoms with van der Waals surface area (Å²) in [6.45, 7) is 4.70. The fourth-order valence-corrected chi connectivity index (χ4v) is 11.5. The van der Waals surface area contributed by atoms with Crippen molar-refractivity contribution in [3.8, 4) is 89.5 Å². The second kappa shape index (κ2) is 15.6. The van der Waals surface area contributed by atoms with E-state index >= 15 is 0 Å². The van der Waals surface area contributed by atoms with E-state index in [2.05, 4.69) is 243 Å². The second-order valence-electron chi connectivity index (χ2n) is 19.3. The quantitative estimate of drug-likeness (QED) is 0.160. The molecule has 1 aliphatic carbocycles. The van der Waals surface area contributed by atoms with Gasteiger partial charge in [0.2, 0.25) is 0 Å². The van der Waals surface area contributed by atoms with Crippen LogP contribution in [0.2, 0.25) is 0 Å². The van der Waals surface area contributed by atoms with E-state index in [1.54, 1.807) is 0 Å². The molecule has 0 bridgehead atoms. The molecule has 0 spiro atoms. The molecule has 0 N–H and O–H groups in total. The average Bonchev–Trinajstić information content (AvgIpc) is 4.03. The highest BCUT2D eigenvalue weighted by molar-refractivity contribution is 6.25. The zero-order valence-corrected chi connectivity index (χ0v) is 38.9. The Bertz CT molecular complexity index is 4140. The van der Waals surface area contributed by atoms with E-state index < -0.39 is 0 Å². The molecule has 0 atom stereocenters. The summed E-state index contributed by atoms with van der Waals surface area (Å²) in [6.07, 6.45) is 0. The number of nitrogens with zero attached hydrogens (tertiary/aromatic N) is 3. The van der Waals surface area contributed by atoms with E-state index in [1.807, 2.05) is 12.1 Å². The molecular weight excluding hydrogens is 847 g/mol. The molecule has 0 aliphatic heterocycles. The Labute approximate surface area is 407 Å². The summed E-state index contributed by atoms with van der Waals surface area (Å²) in [7, 11) is 0. The van der Waals surface area contributed by atoms with Crippen molar-refractivity contribution in [2.45, 2.75) is 19.3 Å². The molecule has 3 aromatic heterocycles. The molecule has 1 aliphatic rings. The maximum atomic E-state index is 5.13. The number of aromatic nitrogens is 3. The summed E-state index contributed by atoms with van der Waals surface area (Å²) < 4.78 is 2.54. The lowest BCUT2D eigenvalue weighted by Gasteiger charge is -2.21. The minimum atomic E-state index is -0.0249. The van der Waals surface area contributed by atoms with Crippen LogP contribution in [-0.4, -0.2) is 14.4 Å². The molecule has 0 unspecified atom stereocenters. The smallest absolute Gasteiger partial charge is 0.160 e. The van der Waals surface area contributed by atoms with E-state index in [0.29, 0.717) is 5.82 Å². The normalized spacial score (nSPS) is 12.8. The summed E-state index contributed by atoms with van der Waals surface area (Å²) in [4.78, 5) is 10.3. The van der Waals surface area contributed by atoms with Crippen LogP contribution in [0.3, 0.4) is 0 Å². The number of para-hydroxylation sites is 2. The van der Waals surface area contributed by atoms with E-state index in [0.717, 1.165) is 44.8 Å². The van der Waals surface area contributed by atoms with Gasteiger partial charge < -0.3 is 4.40 Å². The molecule has 0 fully saturated rings. The van der Waals surface area contributed by atoms with Crippen LogP contribution in [-0.2, 0) is 5.41 Å². The maximum absolute atomic E-state index is 5.13. The minimum Gasteiger partial charge on any atom is -0.307 e. The van der Waals surface area contributed by atoms with E-state index in [1.165, 1.54) is 88.2 Å². The lowest BCUT2D eigenvalue weighted by atomic mass is 9.82. The van der Waals surface area contributed by atoms with Crippen LogP contribution < -0.4 is 0 Å². The average molecular weight is 892 g/mol. The second-order valence-corrected chi connectivity index (χ2v) is 19.3. The molecule has 0 amide bonds. The highest BCUT2D eigenvalue weighted by Crippen LogP contribution is 2.50. The summed E-state index contributed by atoms with van der Waals surface area (Å²) in [5.74, 6) is 0.700. The Morgan fingerprint density at radius 2 is 0.757 bits per heavy atom. The van der Waals surface area contributed by atoms with Gasteiger partial charge >= 0.3 is 0 Å². The SMILES string of the molecule is CC1(C)c2ccccc2-c2cc(-c3ccc4c5cccc6c7cccc(-c8cccc(-c9cccc(-c%10cccc(-c%11nc(-c%12ccccc%12)cc(-c%12ccccc%12)n%11)c%10)c9)c8)c7n(c4c3)c56)ccc21. The third-order valence-electron chi connectivity index (χ3n) is 14.9. The van der Waals surface area contributed by atoms with Gasteiger partial charge in [0.1, 0.15) is 0 Å². The number of fused-ring (bicyclic) bond motifs is 9. The van der Waals surface area contributed by atoms with Gasteiger partial charge in [-0.05, 0) is 97.6 Å². The molecule has 0 radical (unpaired) electrons. The standard InChI is InChI=1S/C67H45N3/c1-67(2)59-31-10-9-26-53(59)58-39-48(33-35-60(58)67)49-32-34-54-55-28-15-30-57-56-29-14-27-52(64(56)70(65(55)57)63(54)40-49)50-24-12-22-46(37-50)44-20-11-21-45(36-44)47-23-13-25-51(38-47)66-68-61(42-16-5-3-6-17-42)41-62(69-66)43-18-7-4-8-19-43/h3-41H,1-2H3. The number of hydrogen-bond acceptors (Lipinski definition) is 2. The topological polar surface area (TPSA) is 30.2 Å². The molecule has 13 aromatic rings. The Hall–Kier alpha value is -8.92. The first-order valence-corrected chi connectivity index (χ1v) is 24.2. The molecule has 0 saturated carbocycles. The van der Waals surface area contributed by atoms with Crippen molar-refractivity contribution in [1.29, 1.82) is 0 Å². The third-order valence-corrected chi connectivity index (χ3v) is 14.9. The van der Waals surface area contributed by atoms with Gasteiger partial charge in [-0.3, -0.25) is 0 Å². The summed E-state index contributed by atoms with van der Waals surface area (Å²) in [5.41, 5.74) is 23.5. The highest BCUT2D eigenvalue weighted by atomic mass is 14.9. The largest absolute Gasteiger partial charge is 0.307 e. The maximum Gasteiger partial charge on any atom is 0.160 e. The van der Waals surface area contributed by atoms with Crippen molar-refractivity contribution >= 4 is 38.1 Å². The molecule has 0 saturated heterocycles.